The average molecular weight is 511 g/mol. The van der Waals surface area contributed by atoms with E-state index in [0.717, 1.165) is 39.9 Å². The first-order valence-electron chi connectivity index (χ1n) is 12.9. The van der Waals surface area contributed by atoms with Crippen LogP contribution in [0.15, 0.2) is 83.7 Å². The van der Waals surface area contributed by atoms with Crippen molar-refractivity contribution in [3.05, 3.63) is 112 Å². The minimum Gasteiger partial charge on any atom is -0.292 e. The molecule has 0 saturated heterocycles. The van der Waals surface area contributed by atoms with E-state index in [1.807, 2.05) is 78.9 Å². The van der Waals surface area contributed by atoms with Crippen LogP contribution in [0.2, 0.25) is 0 Å². The summed E-state index contributed by atoms with van der Waals surface area (Å²) in [6.07, 6.45) is 1.54. The Morgan fingerprint density at radius 1 is 0.816 bits per heavy atom. The zero-order valence-corrected chi connectivity index (χ0v) is 21.6. The van der Waals surface area contributed by atoms with Gasteiger partial charge >= 0.3 is 5.69 Å². The molecule has 0 fully saturated rings. The molecule has 0 amide bonds. The second-order valence-corrected chi connectivity index (χ2v) is 9.89. The largest absolute Gasteiger partial charge is 0.329 e. The molecular formula is C30H31FN6O. The fourth-order valence-corrected chi connectivity index (χ4v) is 4.82. The molecule has 0 aliphatic carbocycles. The molecule has 0 saturated carbocycles. The lowest BCUT2D eigenvalue weighted by molar-refractivity contribution is 0.454. The molecule has 0 radical (unpaired) electrons. The minimum absolute atomic E-state index is 0.174. The van der Waals surface area contributed by atoms with Gasteiger partial charge in [-0.2, -0.15) is 0 Å². The number of tetrazole rings is 1. The molecule has 0 spiro atoms. The van der Waals surface area contributed by atoms with Gasteiger partial charge < -0.3 is 0 Å². The van der Waals surface area contributed by atoms with E-state index in [4.69, 9.17) is 0 Å². The molecule has 1 N–H and O–H groups in total. The first-order chi connectivity index (χ1) is 18.5. The summed E-state index contributed by atoms with van der Waals surface area (Å²) < 4.78 is 17.8. The van der Waals surface area contributed by atoms with Crippen LogP contribution in [-0.2, 0) is 26.2 Å². The lowest BCUT2D eigenvalue weighted by atomic mass is 9.98. The molecule has 2 aromatic heterocycles. The van der Waals surface area contributed by atoms with Crippen LogP contribution in [0.4, 0.5) is 4.39 Å². The van der Waals surface area contributed by atoms with Crippen molar-refractivity contribution in [1.82, 2.24) is 29.8 Å². The van der Waals surface area contributed by atoms with Crippen molar-refractivity contribution in [3.63, 3.8) is 0 Å². The molecule has 0 aliphatic rings. The van der Waals surface area contributed by atoms with Gasteiger partial charge in [-0.25, -0.2) is 14.3 Å². The number of rotatable bonds is 10. The highest BCUT2D eigenvalue weighted by Gasteiger charge is 2.20. The SMILES string of the molecule is CC(C)CCc1c(CF)n(Cc2ccccc2)c(=O)n1Cc1ccc(-c2ccccc2-c2nnn[nH]2)cc1. The summed E-state index contributed by atoms with van der Waals surface area (Å²) in [5.74, 6) is 1.05. The third-order valence-corrected chi connectivity index (χ3v) is 6.85. The molecule has 0 bridgehead atoms. The predicted octanol–water partition coefficient (Wildman–Crippen LogP) is 5.65. The zero-order chi connectivity index (χ0) is 26.5. The van der Waals surface area contributed by atoms with Crippen LogP contribution in [0.1, 0.15) is 42.8 Å². The zero-order valence-electron chi connectivity index (χ0n) is 21.6. The van der Waals surface area contributed by atoms with Crippen LogP contribution in [0.5, 0.6) is 0 Å². The quantitative estimate of drug-likeness (QED) is 0.263. The molecule has 5 rings (SSSR count). The van der Waals surface area contributed by atoms with E-state index in [2.05, 4.69) is 34.5 Å². The van der Waals surface area contributed by atoms with Crippen molar-refractivity contribution in [2.24, 2.45) is 5.92 Å². The molecule has 5 aromatic rings. The van der Waals surface area contributed by atoms with Gasteiger partial charge in [0.15, 0.2) is 5.82 Å². The highest BCUT2D eigenvalue weighted by molar-refractivity contribution is 5.80. The summed E-state index contributed by atoms with van der Waals surface area (Å²) in [7, 11) is 0. The van der Waals surface area contributed by atoms with E-state index in [1.165, 1.54) is 0 Å². The Morgan fingerprint density at radius 3 is 2.08 bits per heavy atom. The molecule has 2 heterocycles. The molecule has 0 aliphatic heterocycles. The summed E-state index contributed by atoms with van der Waals surface area (Å²) in [5, 5.41) is 14.3. The van der Waals surface area contributed by atoms with Gasteiger partial charge in [0, 0.05) is 11.3 Å². The van der Waals surface area contributed by atoms with Crippen LogP contribution in [-0.4, -0.2) is 29.8 Å². The van der Waals surface area contributed by atoms with Gasteiger partial charge in [0.05, 0.1) is 18.8 Å². The van der Waals surface area contributed by atoms with E-state index in [-0.39, 0.29) is 5.69 Å². The van der Waals surface area contributed by atoms with Crippen LogP contribution < -0.4 is 5.69 Å². The molecule has 0 atom stereocenters. The smallest absolute Gasteiger partial charge is 0.292 e. The summed E-state index contributed by atoms with van der Waals surface area (Å²) in [4.78, 5) is 13.6. The molecule has 0 unspecified atom stereocenters. The molecule has 38 heavy (non-hydrogen) atoms. The van der Waals surface area contributed by atoms with E-state index in [1.54, 1.807) is 9.13 Å². The van der Waals surface area contributed by atoms with Gasteiger partial charge in [-0.05, 0) is 51.4 Å². The predicted molar refractivity (Wildman–Crippen MR) is 146 cm³/mol. The van der Waals surface area contributed by atoms with Crippen LogP contribution in [0, 0.1) is 5.92 Å². The number of imidazole rings is 1. The molecule has 8 heteroatoms. The highest BCUT2D eigenvalue weighted by Crippen LogP contribution is 2.30. The Bertz CT molecular complexity index is 1540. The normalized spacial score (nSPS) is 11.4. The van der Waals surface area contributed by atoms with Gasteiger partial charge in [0.25, 0.3) is 0 Å². The van der Waals surface area contributed by atoms with Crippen LogP contribution in [0.3, 0.4) is 0 Å². The second kappa shape index (κ2) is 11.4. The number of aromatic amines is 1. The standard InChI is InChI=1S/C30H31FN6O/c1-21(2)12-17-27-28(18-31)37(19-22-8-4-3-5-9-22)30(38)36(27)20-23-13-15-24(16-14-23)25-10-6-7-11-26(25)29-32-34-35-33-29/h3-11,13-16,21H,12,17-20H2,1-2H3,(H,32,33,34,35). The Morgan fingerprint density at radius 2 is 1.45 bits per heavy atom. The number of hydrogen-bond acceptors (Lipinski definition) is 4. The summed E-state index contributed by atoms with van der Waals surface area (Å²) >= 11 is 0. The Hall–Kier alpha value is -4.33. The molecule has 194 valence electrons. The third kappa shape index (κ3) is 5.34. The third-order valence-electron chi connectivity index (χ3n) is 6.85. The molecule has 3 aromatic carbocycles. The Kier molecular flexibility index (Phi) is 7.58. The van der Waals surface area contributed by atoms with E-state index in [9.17, 15) is 9.18 Å². The number of halogens is 1. The number of nitrogens with zero attached hydrogens (tertiary/aromatic N) is 5. The monoisotopic (exact) mass is 510 g/mol. The topological polar surface area (TPSA) is 81.4 Å². The van der Waals surface area contributed by atoms with Crippen molar-refractivity contribution >= 4 is 0 Å². The highest BCUT2D eigenvalue weighted by atomic mass is 19.1. The van der Waals surface area contributed by atoms with Gasteiger partial charge in [-0.3, -0.25) is 9.13 Å². The van der Waals surface area contributed by atoms with Crippen molar-refractivity contribution in [2.45, 2.75) is 46.5 Å². The van der Waals surface area contributed by atoms with Crippen LogP contribution in [0.25, 0.3) is 22.5 Å². The lowest BCUT2D eigenvalue weighted by Crippen LogP contribution is -2.26. The van der Waals surface area contributed by atoms with E-state index < -0.39 is 6.67 Å². The fourth-order valence-electron chi connectivity index (χ4n) is 4.82. The first kappa shape index (κ1) is 25.3. The summed E-state index contributed by atoms with van der Waals surface area (Å²) in [6.45, 7) is 4.35. The van der Waals surface area contributed by atoms with Crippen molar-refractivity contribution < 1.29 is 4.39 Å². The van der Waals surface area contributed by atoms with Gasteiger partial charge in [0.1, 0.15) is 6.67 Å². The number of alkyl halides is 1. The van der Waals surface area contributed by atoms with Gasteiger partial charge in [-0.1, -0.05) is 92.7 Å². The van der Waals surface area contributed by atoms with Crippen molar-refractivity contribution in [1.29, 1.82) is 0 Å². The Labute approximate surface area is 221 Å². The number of hydrogen-bond donors (Lipinski definition) is 1. The maximum atomic E-state index is 14.4. The second-order valence-electron chi connectivity index (χ2n) is 9.89. The molecule has 7 nitrogen and oxygen atoms in total. The maximum Gasteiger partial charge on any atom is 0.329 e. The minimum atomic E-state index is -0.672. The average Bonchev–Trinajstić information content (AvgIpc) is 3.56. The van der Waals surface area contributed by atoms with Gasteiger partial charge in [0.2, 0.25) is 0 Å². The first-order valence-corrected chi connectivity index (χ1v) is 12.9. The summed E-state index contributed by atoms with van der Waals surface area (Å²) in [5.41, 5.74) is 5.96. The Balaban J connectivity index is 1.48. The number of benzene rings is 3. The van der Waals surface area contributed by atoms with Crippen molar-refractivity contribution in [3.8, 4) is 22.5 Å². The fraction of sp³-hybridized carbons (Fsp3) is 0.267. The lowest BCUT2D eigenvalue weighted by Gasteiger charge is -2.12. The number of nitrogens with one attached hydrogen (secondary N) is 1. The summed E-state index contributed by atoms with van der Waals surface area (Å²) in [6, 6.07) is 25.8. The van der Waals surface area contributed by atoms with Crippen molar-refractivity contribution in [2.75, 3.05) is 0 Å². The van der Waals surface area contributed by atoms with Gasteiger partial charge in [-0.15, -0.1) is 5.10 Å². The van der Waals surface area contributed by atoms with E-state index >= 15 is 0 Å². The molecular weight excluding hydrogens is 479 g/mol. The van der Waals surface area contributed by atoms with Crippen LogP contribution >= 0.6 is 0 Å². The van der Waals surface area contributed by atoms with E-state index in [0.29, 0.717) is 36.9 Å². The number of aromatic nitrogens is 6. The number of H-pyrrole nitrogens is 1. The maximum absolute atomic E-state index is 14.4.